The van der Waals surface area contributed by atoms with E-state index in [0.717, 1.165) is 48.1 Å². The van der Waals surface area contributed by atoms with Crippen LogP contribution < -0.4 is 5.73 Å². The number of piperidine rings is 3. The van der Waals surface area contributed by atoms with Gasteiger partial charge in [-0.25, -0.2) is 0 Å². The number of nitrogens with zero attached hydrogens (tertiary/aromatic N) is 2. The summed E-state index contributed by atoms with van der Waals surface area (Å²) in [4.78, 5) is 31.6. The summed E-state index contributed by atoms with van der Waals surface area (Å²) in [7, 11) is 0. The van der Waals surface area contributed by atoms with E-state index >= 15 is 0 Å². The Labute approximate surface area is 218 Å². The molecule has 34 heavy (non-hydrogen) atoms. The number of halogens is 3. The number of benzene rings is 2. The molecule has 2 aromatic rings. The van der Waals surface area contributed by atoms with Crippen molar-refractivity contribution < 1.29 is 9.59 Å². The second kappa shape index (κ2) is 9.45. The summed E-state index contributed by atoms with van der Waals surface area (Å²) < 4.78 is 0.964. The number of primary amides is 1. The smallest absolute Gasteiger partial charge is 0.240 e. The molecule has 2 aromatic carbocycles. The lowest BCUT2D eigenvalue weighted by atomic mass is 9.80. The van der Waals surface area contributed by atoms with Gasteiger partial charge in [0.1, 0.15) is 6.04 Å². The highest BCUT2D eigenvalue weighted by molar-refractivity contribution is 9.10. The molecule has 6 rings (SSSR count). The van der Waals surface area contributed by atoms with Gasteiger partial charge in [-0.3, -0.25) is 9.59 Å². The van der Waals surface area contributed by atoms with Gasteiger partial charge in [0.05, 0.1) is 5.41 Å². The minimum Gasteiger partial charge on any atom is -0.368 e. The molecule has 2 bridgehead atoms. The van der Waals surface area contributed by atoms with Crippen LogP contribution >= 0.6 is 39.1 Å². The van der Waals surface area contributed by atoms with Crippen LogP contribution in [0.1, 0.15) is 36.8 Å². The van der Waals surface area contributed by atoms with E-state index in [1.165, 1.54) is 0 Å². The van der Waals surface area contributed by atoms with Crippen LogP contribution in [0.4, 0.5) is 0 Å². The molecule has 0 radical (unpaired) electrons. The lowest BCUT2D eigenvalue weighted by molar-refractivity contribution is -0.149. The predicted octanol–water partition coefficient (Wildman–Crippen LogP) is 4.81. The maximum Gasteiger partial charge on any atom is 0.240 e. The Morgan fingerprint density at radius 2 is 1.79 bits per heavy atom. The third kappa shape index (κ3) is 4.50. The first-order chi connectivity index (χ1) is 16.3. The molecule has 1 aliphatic carbocycles. The van der Waals surface area contributed by atoms with E-state index < -0.39 is 17.4 Å². The fourth-order valence-corrected chi connectivity index (χ4v) is 6.65. The molecule has 0 aromatic heterocycles. The summed E-state index contributed by atoms with van der Waals surface area (Å²) >= 11 is 16.2. The Bertz CT molecular complexity index is 1100. The fraction of sp³-hybridized carbons (Fsp3) is 0.462. The van der Waals surface area contributed by atoms with Gasteiger partial charge in [0, 0.05) is 33.5 Å². The van der Waals surface area contributed by atoms with E-state index in [9.17, 15) is 9.59 Å². The van der Waals surface area contributed by atoms with Crippen LogP contribution in [0.3, 0.4) is 0 Å². The molecule has 0 unspecified atom stereocenters. The van der Waals surface area contributed by atoms with Gasteiger partial charge in [-0.05, 0) is 80.1 Å². The molecule has 3 saturated heterocycles. The fourth-order valence-electron chi connectivity index (χ4n) is 5.80. The average molecular weight is 565 g/mol. The molecular formula is C26H28BrCl2N3O2. The minimum atomic E-state index is -0.721. The van der Waals surface area contributed by atoms with Crippen molar-refractivity contribution in [3.63, 3.8) is 0 Å². The van der Waals surface area contributed by atoms with Crippen LogP contribution in [-0.2, 0) is 21.4 Å². The normalized spacial score (nSPS) is 25.6. The first-order valence-electron chi connectivity index (χ1n) is 11.8. The van der Waals surface area contributed by atoms with Crippen LogP contribution in [-0.4, -0.2) is 53.3 Å². The van der Waals surface area contributed by atoms with Crippen molar-refractivity contribution in [3.05, 3.63) is 68.1 Å². The zero-order chi connectivity index (χ0) is 24.0. The number of hydrogen-bond acceptors (Lipinski definition) is 3. The summed E-state index contributed by atoms with van der Waals surface area (Å²) in [5.41, 5.74) is 7.06. The maximum absolute atomic E-state index is 14.4. The Balaban J connectivity index is 1.54. The van der Waals surface area contributed by atoms with E-state index in [4.69, 9.17) is 28.9 Å². The molecule has 3 aliphatic heterocycles. The highest BCUT2D eigenvalue weighted by Gasteiger charge is 2.57. The molecule has 0 spiro atoms. The maximum atomic E-state index is 14.4. The standard InChI is InChI=1S/C26H28BrCl2N3O2/c27-18-3-1-16(2-4-18)13-22(24(30)33)32(23-15-31-11-7-17(23)8-12-31)25(34)26(9-10-26)20-6-5-19(28)14-21(20)29/h1-6,14,17,22-23H,7-13,15H2,(H2,30,33)/t22-,23+/m0/s1. The molecule has 2 atom stereocenters. The number of amides is 2. The number of nitrogens with two attached hydrogens (primary N) is 1. The van der Waals surface area contributed by atoms with Crippen molar-refractivity contribution in [2.45, 2.75) is 49.6 Å². The quantitative estimate of drug-likeness (QED) is 0.525. The SMILES string of the molecule is NC(=O)[C@H](Cc1ccc(Br)cc1)N(C(=O)C1(c2ccc(Cl)cc2Cl)CC1)[C@@H]1CN2CCC1CC2. The number of fused-ring (bicyclic) bond motifs is 3. The van der Waals surface area contributed by atoms with Crippen LogP contribution in [0.5, 0.6) is 0 Å². The Kier molecular flexibility index (Phi) is 6.70. The van der Waals surface area contributed by atoms with Gasteiger partial charge in [0.15, 0.2) is 0 Å². The van der Waals surface area contributed by atoms with Gasteiger partial charge in [-0.15, -0.1) is 0 Å². The van der Waals surface area contributed by atoms with Crippen molar-refractivity contribution in [1.29, 1.82) is 0 Å². The van der Waals surface area contributed by atoms with Gasteiger partial charge < -0.3 is 15.5 Å². The lowest BCUT2D eigenvalue weighted by Gasteiger charge is -2.51. The Hall–Kier alpha value is -1.60. The third-order valence-corrected chi connectivity index (χ3v) is 8.90. The van der Waals surface area contributed by atoms with Crippen LogP contribution in [0, 0.1) is 5.92 Å². The van der Waals surface area contributed by atoms with Gasteiger partial charge >= 0.3 is 0 Å². The third-order valence-electron chi connectivity index (χ3n) is 7.83. The minimum absolute atomic E-state index is 0.0311. The first-order valence-corrected chi connectivity index (χ1v) is 13.4. The topological polar surface area (TPSA) is 66.6 Å². The van der Waals surface area contributed by atoms with Crippen molar-refractivity contribution in [3.8, 4) is 0 Å². The Morgan fingerprint density at radius 1 is 1.12 bits per heavy atom. The number of carbonyl (C=O) groups is 2. The van der Waals surface area contributed by atoms with Crippen molar-refractivity contribution in [2.24, 2.45) is 11.7 Å². The van der Waals surface area contributed by atoms with E-state index in [1.807, 2.05) is 35.2 Å². The van der Waals surface area contributed by atoms with Gasteiger partial charge in [0.2, 0.25) is 11.8 Å². The zero-order valence-electron chi connectivity index (χ0n) is 18.9. The van der Waals surface area contributed by atoms with E-state index in [1.54, 1.807) is 12.1 Å². The van der Waals surface area contributed by atoms with Crippen molar-refractivity contribution in [1.82, 2.24) is 9.80 Å². The zero-order valence-corrected chi connectivity index (χ0v) is 22.0. The summed E-state index contributed by atoms with van der Waals surface area (Å²) in [6.45, 7) is 2.88. The Morgan fingerprint density at radius 3 is 2.32 bits per heavy atom. The molecule has 2 amide bonds. The average Bonchev–Trinajstić information content (AvgIpc) is 3.62. The molecule has 2 N–H and O–H groups in total. The van der Waals surface area contributed by atoms with Crippen molar-refractivity contribution in [2.75, 3.05) is 19.6 Å². The number of carbonyl (C=O) groups excluding carboxylic acids is 2. The highest BCUT2D eigenvalue weighted by Crippen LogP contribution is 2.53. The second-order valence-electron chi connectivity index (χ2n) is 9.87. The monoisotopic (exact) mass is 563 g/mol. The van der Waals surface area contributed by atoms with Crippen LogP contribution in [0.2, 0.25) is 10.0 Å². The van der Waals surface area contributed by atoms with Crippen LogP contribution in [0.15, 0.2) is 46.9 Å². The van der Waals surface area contributed by atoms with E-state index in [-0.39, 0.29) is 11.9 Å². The molecule has 4 fully saturated rings. The molecule has 5 nitrogen and oxygen atoms in total. The van der Waals surface area contributed by atoms with Crippen LogP contribution in [0.25, 0.3) is 0 Å². The first kappa shape index (κ1) is 24.1. The molecule has 3 heterocycles. The second-order valence-corrected chi connectivity index (χ2v) is 11.6. The summed E-state index contributed by atoms with van der Waals surface area (Å²) in [5.74, 6) is -0.126. The highest BCUT2D eigenvalue weighted by atomic mass is 79.9. The summed E-state index contributed by atoms with van der Waals surface area (Å²) in [5, 5.41) is 1.03. The van der Waals surface area contributed by atoms with Gasteiger partial charge in [-0.1, -0.05) is 57.3 Å². The largest absolute Gasteiger partial charge is 0.368 e. The molecule has 8 heteroatoms. The molecule has 180 valence electrons. The lowest BCUT2D eigenvalue weighted by Crippen LogP contribution is -2.65. The van der Waals surface area contributed by atoms with E-state index in [2.05, 4.69) is 20.8 Å². The summed E-state index contributed by atoms with van der Waals surface area (Å²) in [6.07, 6.45) is 3.87. The predicted molar refractivity (Wildman–Crippen MR) is 138 cm³/mol. The molecule has 1 saturated carbocycles. The summed E-state index contributed by atoms with van der Waals surface area (Å²) in [6, 6.07) is 12.4. The van der Waals surface area contributed by atoms with E-state index in [0.29, 0.717) is 35.2 Å². The number of rotatable bonds is 7. The number of hydrogen-bond donors (Lipinski definition) is 1. The molecule has 4 aliphatic rings. The van der Waals surface area contributed by atoms with Crippen molar-refractivity contribution >= 4 is 50.9 Å². The molecular weight excluding hydrogens is 537 g/mol. The van der Waals surface area contributed by atoms with Gasteiger partial charge in [0.25, 0.3) is 0 Å². The van der Waals surface area contributed by atoms with Gasteiger partial charge in [-0.2, -0.15) is 0 Å².